The van der Waals surface area contributed by atoms with Crippen LogP contribution in [0.4, 0.5) is 26.3 Å². The molecule has 0 aromatic carbocycles. The minimum atomic E-state index is -5.98. The molecule has 3 fully saturated rings. The Bertz CT molecular complexity index is 946. The molecule has 8 unspecified atom stereocenters. The molecule has 2 saturated carbocycles. The topological polar surface area (TPSA) is 103 Å². The van der Waals surface area contributed by atoms with Gasteiger partial charge in [0.05, 0.1) is 17.4 Å². The van der Waals surface area contributed by atoms with Crippen LogP contribution >= 0.6 is 0 Å². The van der Waals surface area contributed by atoms with E-state index in [9.17, 15) is 46.0 Å². The maximum Gasteiger partial charge on any atom is 0.434 e. The fourth-order valence-electron chi connectivity index (χ4n) is 6.02. The van der Waals surface area contributed by atoms with Gasteiger partial charge < -0.3 is 14.2 Å². The zero-order valence-electron chi connectivity index (χ0n) is 20.0. The van der Waals surface area contributed by atoms with Gasteiger partial charge in [-0.15, -0.1) is 0 Å². The predicted molar refractivity (Wildman–Crippen MR) is 107 cm³/mol. The lowest BCUT2D eigenvalue weighted by atomic mass is 9.67. The van der Waals surface area contributed by atoms with Crippen LogP contribution in [0, 0.1) is 45.8 Å². The second-order valence-corrected chi connectivity index (χ2v) is 10.1. The maximum absolute atomic E-state index is 13.3. The van der Waals surface area contributed by atoms with Crippen molar-refractivity contribution in [2.45, 2.75) is 84.0 Å². The van der Waals surface area contributed by atoms with E-state index in [4.69, 9.17) is 9.47 Å². The first-order valence-electron chi connectivity index (χ1n) is 11.7. The molecule has 3 rings (SSSR count). The van der Waals surface area contributed by atoms with E-state index in [0.29, 0.717) is 19.3 Å². The molecule has 13 heteroatoms. The van der Waals surface area contributed by atoms with E-state index < -0.39 is 77.2 Å². The number of nitriles is 1. The van der Waals surface area contributed by atoms with Gasteiger partial charge in [-0.25, -0.2) is 0 Å². The van der Waals surface area contributed by atoms with Crippen molar-refractivity contribution in [3.05, 3.63) is 0 Å². The minimum Gasteiger partial charge on any atom is -0.458 e. The summed E-state index contributed by atoms with van der Waals surface area (Å²) >= 11 is 0. The molecular formula is C23H27F6NO6. The lowest BCUT2D eigenvalue weighted by Gasteiger charge is -2.38. The largest absolute Gasteiger partial charge is 0.458 e. The van der Waals surface area contributed by atoms with Crippen LogP contribution in [0.3, 0.4) is 0 Å². The summed E-state index contributed by atoms with van der Waals surface area (Å²) in [5.74, 6) is -8.40. The smallest absolute Gasteiger partial charge is 0.434 e. The first kappa shape index (κ1) is 28.1. The van der Waals surface area contributed by atoms with E-state index in [-0.39, 0.29) is 12.3 Å². The molecule has 0 aromatic heterocycles. The van der Waals surface area contributed by atoms with Gasteiger partial charge in [0.25, 0.3) is 6.10 Å². The van der Waals surface area contributed by atoms with E-state index in [0.717, 1.165) is 0 Å². The highest BCUT2D eigenvalue weighted by Gasteiger charge is 2.79. The van der Waals surface area contributed by atoms with Crippen molar-refractivity contribution in [3.63, 3.8) is 0 Å². The zero-order valence-corrected chi connectivity index (χ0v) is 20.0. The summed E-state index contributed by atoms with van der Waals surface area (Å²) in [7, 11) is 0. The normalized spacial score (nSPS) is 33.6. The number of ether oxygens (including phenoxy) is 3. The van der Waals surface area contributed by atoms with Gasteiger partial charge in [0.15, 0.2) is 5.41 Å². The van der Waals surface area contributed by atoms with E-state index in [2.05, 4.69) is 4.74 Å². The highest BCUT2D eigenvalue weighted by atomic mass is 19.4. The first-order chi connectivity index (χ1) is 16.5. The van der Waals surface area contributed by atoms with Crippen LogP contribution in [-0.2, 0) is 28.6 Å². The number of hydrogen-bond acceptors (Lipinski definition) is 7. The molecule has 1 aliphatic heterocycles. The molecule has 0 N–H and O–H groups in total. The van der Waals surface area contributed by atoms with Crippen molar-refractivity contribution >= 4 is 17.9 Å². The monoisotopic (exact) mass is 527 g/mol. The van der Waals surface area contributed by atoms with Gasteiger partial charge in [-0.2, -0.15) is 31.6 Å². The van der Waals surface area contributed by atoms with Gasteiger partial charge in [-0.1, -0.05) is 33.6 Å². The lowest BCUT2D eigenvalue weighted by molar-refractivity contribution is -0.315. The highest BCUT2D eigenvalue weighted by molar-refractivity contribution is 5.92. The first-order valence-corrected chi connectivity index (χ1v) is 11.7. The Morgan fingerprint density at radius 2 is 1.78 bits per heavy atom. The van der Waals surface area contributed by atoms with Crippen LogP contribution < -0.4 is 0 Å². The molecule has 8 atom stereocenters. The van der Waals surface area contributed by atoms with Gasteiger partial charge in [-0.05, 0) is 25.7 Å². The second kappa shape index (κ2) is 9.10. The minimum absolute atomic E-state index is 0.141. The molecule has 0 aromatic rings. The SMILES string of the molecule is CCCC(C)(C(=O)OC1C2CC3C1OC(=O)C3(C#N)C2C(=O)OC(C(F)(F)F)C(F)(F)F)C(C)CC. The highest BCUT2D eigenvalue weighted by Crippen LogP contribution is 2.66. The van der Waals surface area contributed by atoms with Gasteiger partial charge in [0.2, 0.25) is 0 Å². The number of fused-ring (bicyclic) bond motifs is 1. The fraction of sp³-hybridized carbons (Fsp3) is 0.826. The summed E-state index contributed by atoms with van der Waals surface area (Å²) in [4.78, 5) is 38.8. The average molecular weight is 527 g/mol. The van der Waals surface area contributed by atoms with Gasteiger partial charge in [0.1, 0.15) is 12.2 Å². The van der Waals surface area contributed by atoms with Crippen molar-refractivity contribution < 1.29 is 54.9 Å². The van der Waals surface area contributed by atoms with Crippen LogP contribution in [0.1, 0.15) is 53.4 Å². The van der Waals surface area contributed by atoms with Crippen molar-refractivity contribution in [1.29, 1.82) is 5.26 Å². The van der Waals surface area contributed by atoms with E-state index in [1.165, 1.54) is 0 Å². The van der Waals surface area contributed by atoms with Crippen LogP contribution in [0.5, 0.6) is 0 Å². The maximum atomic E-state index is 13.3. The number of halogens is 6. The Morgan fingerprint density at radius 1 is 1.19 bits per heavy atom. The zero-order chi connectivity index (χ0) is 27.4. The molecule has 0 radical (unpaired) electrons. The molecule has 3 aliphatic rings. The summed E-state index contributed by atoms with van der Waals surface area (Å²) < 4.78 is 93.0. The molecule has 2 bridgehead atoms. The van der Waals surface area contributed by atoms with E-state index in [1.54, 1.807) is 13.0 Å². The molecule has 1 heterocycles. The van der Waals surface area contributed by atoms with Crippen molar-refractivity contribution in [1.82, 2.24) is 0 Å². The Hall–Kier alpha value is -2.52. The quantitative estimate of drug-likeness (QED) is 0.260. The average Bonchev–Trinajstić information content (AvgIpc) is 3.35. The Kier molecular flexibility index (Phi) is 7.09. The molecule has 1 saturated heterocycles. The Labute approximate surface area is 203 Å². The number of alkyl halides is 6. The number of rotatable bonds is 8. The van der Waals surface area contributed by atoms with Gasteiger partial charge in [0, 0.05) is 11.8 Å². The summed E-state index contributed by atoms with van der Waals surface area (Å²) in [5.41, 5.74) is -3.30. The predicted octanol–water partition coefficient (Wildman–Crippen LogP) is 4.49. The Morgan fingerprint density at radius 3 is 2.25 bits per heavy atom. The van der Waals surface area contributed by atoms with Crippen LogP contribution in [0.2, 0.25) is 0 Å². The van der Waals surface area contributed by atoms with Crippen LogP contribution in [-0.4, -0.2) is 48.6 Å². The van der Waals surface area contributed by atoms with E-state index >= 15 is 0 Å². The number of carbonyl (C=O) groups is 3. The summed E-state index contributed by atoms with van der Waals surface area (Å²) in [6, 6.07) is 1.61. The van der Waals surface area contributed by atoms with Gasteiger partial charge in [-0.3, -0.25) is 14.4 Å². The molecular weight excluding hydrogens is 500 g/mol. The van der Waals surface area contributed by atoms with E-state index in [1.807, 2.05) is 20.8 Å². The fourth-order valence-corrected chi connectivity index (χ4v) is 6.02. The third-order valence-corrected chi connectivity index (χ3v) is 8.20. The summed E-state index contributed by atoms with van der Waals surface area (Å²) in [6.45, 7) is 7.24. The molecule has 0 spiro atoms. The third kappa shape index (κ3) is 4.10. The van der Waals surface area contributed by atoms with Crippen LogP contribution in [0.15, 0.2) is 0 Å². The number of nitrogens with zero attached hydrogens (tertiary/aromatic N) is 1. The number of carbonyl (C=O) groups excluding carboxylic acids is 3. The summed E-state index contributed by atoms with van der Waals surface area (Å²) in [5, 5.41) is 9.77. The van der Waals surface area contributed by atoms with Gasteiger partial charge >= 0.3 is 30.3 Å². The molecule has 2 aliphatic carbocycles. The van der Waals surface area contributed by atoms with Crippen LogP contribution in [0.25, 0.3) is 0 Å². The second-order valence-electron chi connectivity index (χ2n) is 10.1. The number of esters is 3. The van der Waals surface area contributed by atoms with Crippen molar-refractivity contribution in [2.75, 3.05) is 0 Å². The number of hydrogen-bond donors (Lipinski definition) is 0. The lowest BCUT2D eigenvalue weighted by Crippen LogP contribution is -2.53. The molecule has 36 heavy (non-hydrogen) atoms. The molecule has 7 nitrogen and oxygen atoms in total. The standard InChI is InChI=1S/C23H27F6NO6/c1-5-7-20(4,10(3)6-2)18(32)34-14-11-8-12-15(14)35-19(33)21(12,9-30)13(11)16(31)36-17(22(24,25)26)23(27,28)29/h10-15,17H,5-8H2,1-4H3. The molecule has 202 valence electrons. The third-order valence-electron chi connectivity index (χ3n) is 8.20. The molecule has 0 amide bonds. The van der Waals surface area contributed by atoms with Crippen molar-refractivity contribution in [2.24, 2.45) is 34.5 Å². The Balaban J connectivity index is 1.96. The van der Waals surface area contributed by atoms with Crippen molar-refractivity contribution in [3.8, 4) is 6.07 Å². The summed E-state index contributed by atoms with van der Waals surface area (Å²) in [6.07, 6.45) is -17.3.